The Hall–Kier alpha value is -3.13. The molecule has 0 bridgehead atoms. The molecule has 1 atom stereocenters. The van der Waals surface area contributed by atoms with Crippen LogP contribution in [0.4, 0.5) is 10.1 Å². The molecule has 28 heavy (non-hydrogen) atoms. The normalized spacial score (nSPS) is 11.4. The highest BCUT2D eigenvalue weighted by Crippen LogP contribution is 2.29. The quantitative estimate of drug-likeness (QED) is 0.586. The molecule has 0 aliphatic heterocycles. The molecule has 1 unspecified atom stereocenters. The van der Waals surface area contributed by atoms with E-state index in [1.165, 1.54) is 24.3 Å². The first-order chi connectivity index (χ1) is 13.4. The molecule has 0 heterocycles. The Bertz CT molecular complexity index is 812. The third kappa shape index (κ3) is 6.24. The Morgan fingerprint density at radius 3 is 2.39 bits per heavy atom. The lowest BCUT2D eigenvalue weighted by Gasteiger charge is -2.17. The van der Waals surface area contributed by atoms with Crippen LogP contribution in [0.5, 0.6) is 11.5 Å². The zero-order valence-corrected chi connectivity index (χ0v) is 16.2. The van der Waals surface area contributed by atoms with Gasteiger partial charge in [-0.1, -0.05) is 6.07 Å². The van der Waals surface area contributed by atoms with Gasteiger partial charge in [-0.15, -0.1) is 0 Å². The number of carbonyl (C=O) groups excluding carboxylic acids is 2. The van der Waals surface area contributed by atoms with Crippen LogP contribution in [0.1, 0.15) is 5.56 Å². The standard InChI is InChI=1S/C20H24FN3O4/c1-24(12-14-5-4-6-17(27-2)20(14)28-3)13-19(26)22-11-18(25)23-16-9-7-15(21)8-10-16/h4-10H,11-13H2,1-3H3,(H,22,26)(H,23,25)/p+1. The Morgan fingerprint density at radius 2 is 1.75 bits per heavy atom. The first-order valence-electron chi connectivity index (χ1n) is 8.76. The van der Waals surface area contributed by atoms with Gasteiger partial charge in [-0.2, -0.15) is 0 Å². The van der Waals surface area contributed by atoms with Crippen LogP contribution in [0, 0.1) is 5.82 Å². The maximum Gasteiger partial charge on any atom is 0.275 e. The number of hydrogen-bond donors (Lipinski definition) is 3. The summed E-state index contributed by atoms with van der Waals surface area (Å²) in [4.78, 5) is 24.9. The third-order valence-electron chi connectivity index (χ3n) is 4.01. The molecule has 2 aromatic rings. The lowest BCUT2D eigenvalue weighted by molar-refractivity contribution is -0.885. The number of halogens is 1. The van der Waals surface area contributed by atoms with Crippen molar-refractivity contribution in [2.75, 3.05) is 39.7 Å². The molecular formula is C20H25FN3O4+. The molecule has 7 nitrogen and oxygen atoms in total. The number of ether oxygens (including phenoxy) is 2. The van der Waals surface area contributed by atoms with E-state index in [9.17, 15) is 14.0 Å². The molecule has 0 fully saturated rings. The molecule has 2 amide bonds. The second-order valence-corrected chi connectivity index (χ2v) is 6.30. The van der Waals surface area contributed by atoms with Crippen LogP contribution in [0.15, 0.2) is 42.5 Å². The molecule has 0 saturated carbocycles. The molecule has 3 N–H and O–H groups in total. The highest BCUT2D eigenvalue weighted by Gasteiger charge is 2.16. The van der Waals surface area contributed by atoms with Crippen LogP contribution in [-0.2, 0) is 16.1 Å². The van der Waals surface area contributed by atoms with Gasteiger partial charge in [-0.3, -0.25) is 9.59 Å². The van der Waals surface area contributed by atoms with Crippen molar-refractivity contribution >= 4 is 17.5 Å². The molecule has 0 aromatic heterocycles. The summed E-state index contributed by atoms with van der Waals surface area (Å²) < 4.78 is 23.5. The number of nitrogens with one attached hydrogen (secondary N) is 3. The monoisotopic (exact) mass is 390 g/mol. The Kier molecular flexibility index (Phi) is 7.76. The topological polar surface area (TPSA) is 81.1 Å². The van der Waals surface area contributed by atoms with Gasteiger partial charge >= 0.3 is 0 Å². The maximum atomic E-state index is 12.9. The van der Waals surface area contributed by atoms with Crippen molar-refractivity contribution in [3.63, 3.8) is 0 Å². The van der Waals surface area contributed by atoms with Crippen LogP contribution in [0.3, 0.4) is 0 Å². The first kappa shape index (κ1) is 21.2. The summed E-state index contributed by atoms with van der Waals surface area (Å²) >= 11 is 0. The maximum absolute atomic E-state index is 12.9. The van der Waals surface area contributed by atoms with Gasteiger partial charge in [0.15, 0.2) is 18.0 Å². The van der Waals surface area contributed by atoms with Crippen molar-refractivity contribution in [3.05, 3.63) is 53.8 Å². The zero-order chi connectivity index (χ0) is 20.5. The lowest BCUT2D eigenvalue weighted by Crippen LogP contribution is -3.08. The summed E-state index contributed by atoms with van der Waals surface area (Å²) in [5.41, 5.74) is 1.38. The minimum absolute atomic E-state index is 0.161. The predicted molar refractivity (Wildman–Crippen MR) is 103 cm³/mol. The SMILES string of the molecule is COc1cccc(C[NH+](C)CC(=O)NCC(=O)Nc2ccc(F)cc2)c1OC. The van der Waals surface area contributed by atoms with E-state index in [1.54, 1.807) is 14.2 Å². The number of benzene rings is 2. The molecule has 0 spiro atoms. The van der Waals surface area contributed by atoms with Crippen molar-refractivity contribution in [3.8, 4) is 11.5 Å². The van der Waals surface area contributed by atoms with Gasteiger partial charge in [0.25, 0.3) is 5.91 Å². The minimum Gasteiger partial charge on any atom is -0.493 e. The Morgan fingerprint density at radius 1 is 1.04 bits per heavy atom. The summed E-state index contributed by atoms with van der Waals surface area (Å²) in [7, 11) is 5.02. The molecule has 8 heteroatoms. The van der Waals surface area contributed by atoms with E-state index in [2.05, 4.69) is 10.6 Å². The zero-order valence-electron chi connectivity index (χ0n) is 16.2. The van der Waals surface area contributed by atoms with Gasteiger partial charge < -0.3 is 25.0 Å². The summed E-state index contributed by atoms with van der Waals surface area (Å²) in [5.74, 6) is 0.254. The fourth-order valence-corrected chi connectivity index (χ4v) is 2.73. The van der Waals surface area contributed by atoms with E-state index < -0.39 is 0 Å². The number of hydrogen-bond acceptors (Lipinski definition) is 4. The van der Waals surface area contributed by atoms with E-state index in [1.807, 2.05) is 25.2 Å². The number of para-hydroxylation sites is 1. The minimum atomic E-state index is -0.384. The number of amides is 2. The summed E-state index contributed by atoms with van der Waals surface area (Å²) in [6.07, 6.45) is 0. The summed E-state index contributed by atoms with van der Waals surface area (Å²) in [5, 5.41) is 5.17. The first-order valence-corrected chi connectivity index (χ1v) is 8.76. The van der Waals surface area contributed by atoms with Gasteiger partial charge in [-0.05, 0) is 36.4 Å². The van der Waals surface area contributed by atoms with Crippen molar-refractivity contribution in [2.45, 2.75) is 6.54 Å². The van der Waals surface area contributed by atoms with Crippen LogP contribution in [0.25, 0.3) is 0 Å². The van der Waals surface area contributed by atoms with Crippen molar-refractivity contribution in [1.29, 1.82) is 0 Å². The van der Waals surface area contributed by atoms with E-state index in [0.717, 1.165) is 10.5 Å². The Balaban J connectivity index is 1.81. The van der Waals surface area contributed by atoms with E-state index in [0.29, 0.717) is 23.7 Å². The molecule has 2 rings (SSSR count). The number of quaternary nitrogens is 1. The highest BCUT2D eigenvalue weighted by molar-refractivity contribution is 5.94. The number of anilines is 1. The number of likely N-dealkylation sites (N-methyl/N-ethyl adjacent to an activating group) is 1. The number of carbonyl (C=O) groups is 2. The lowest BCUT2D eigenvalue weighted by atomic mass is 10.1. The van der Waals surface area contributed by atoms with Crippen LogP contribution < -0.4 is 25.0 Å². The molecule has 2 aromatic carbocycles. The average molecular weight is 390 g/mol. The van der Waals surface area contributed by atoms with Gasteiger partial charge in [0.2, 0.25) is 5.91 Å². The smallest absolute Gasteiger partial charge is 0.275 e. The summed E-state index contributed by atoms with van der Waals surface area (Å²) in [6.45, 7) is 0.575. The fraction of sp³-hybridized carbons (Fsp3) is 0.300. The molecule has 0 aliphatic rings. The van der Waals surface area contributed by atoms with E-state index in [4.69, 9.17) is 9.47 Å². The third-order valence-corrected chi connectivity index (χ3v) is 4.01. The molecule has 0 saturated heterocycles. The van der Waals surface area contributed by atoms with Gasteiger partial charge in [0, 0.05) is 5.69 Å². The van der Waals surface area contributed by atoms with Gasteiger partial charge in [0.1, 0.15) is 12.4 Å². The molecule has 0 radical (unpaired) electrons. The van der Waals surface area contributed by atoms with Gasteiger partial charge in [0.05, 0.1) is 33.4 Å². The van der Waals surface area contributed by atoms with Crippen LogP contribution in [-0.4, -0.2) is 46.2 Å². The average Bonchev–Trinajstić information content (AvgIpc) is 2.67. The number of methoxy groups -OCH3 is 2. The van der Waals surface area contributed by atoms with Crippen LogP contribution >= 0.6 is 0 Å². The second kappa shape index (κ2) is 10.3. The Labute approximate surface area is 163 Å². The molecular weight excluding hydrogens is 365 g/mol. The van der Waals surface area contributed by atoms with Crippen molar-refractivity contribution in [1.82, 2.24) is 5.32 Å². The molecule has 0 aliphatic carbocycles. The van der Waals surface area contributed by atoms with Crippen LogP contribution in [0.2, 0.25) is 0 Å². The number of rotatable bonds is 9. The second-order valence-electron chi connectivity index (χ2n) is 6.30. The van der Waals surface area contributed by atoms with Crippen molar-refractivity contribution < 1.29 is 28.4 Å². The van der Waals surface area contributed by atoms with E-state index >= 15 is 0 Å². The van der Waals surface area contributed by atoms with Crippen molar-refractivity contribution in [2.24, 2.45) is 0 Å². The molecule has 150 valence electrons. The fourth-order valence-electron chi connectivity index (χ4n) is 2.73. The highest BCUT2D eigenvalue weighted by atomic mass is 19.1. The summed E-state index contributed by atoms with van der Waals surface area (Å²) in [6, 6.07) is 11.0. The van der Waals surface area contributed by atoms with Gasteiger partial charge in [-0.25, -0.2) is 4.39 Å². The largest absolute Gasteiger partial charge is 0.493 e. The van der Waals surface area contributed by atoms with E-state index in [-0.39, 0.29) is 30.7 Å². The predicted octanol–water partition coefficient (Wildman–Crippen LogP) is 0.613.